The molecule has 0 bridgehead atoms. The number of aromatic nitrogens is 1. The third-order valence-electron chi connectivity index (χ3n) is 2.92. The maximum atomic E-state index is 10.8. The predicted octanol–water partition coefficient (Wildman–Crippen LogP) is 3.35. The van der Waals surface area contributed by atoms with Crippen molar-refractivity contribution < 1.29 is 9.90 Å². The van der Waals surface area contributed by atoms with E-state index >= 15 is 0 Å². The summed E-state index contributed by atoms with van der Waals surface area (Å²) in [5.74, 6) is 0. The summed E-state index contributed by atoms with van der Waals surface area (Å²) >= 11 is 9.35. The highest BCUT2D eigenvalue weighted by Gasteiger charge is 2.16. The Bertz CT molecular complexity index is 505. The Labute approximate surface area is 118 Å². The minimum atomic E-state index is -0.863. The van der Waals surface area contributed by atoms with Crippen molar-refractivity contribution in [2.75, 3.05) is 13.1 Å². The smallest absolute Gasteiger partial charge is 0.407 e. The van der Waals surface area contributed by atoms with Crippen LogP contribution in [0.5, 0.6) is 0 Å². The van der Waals surface area contributed by atoms with Crippen LogP contribution < -0.4 is 0 Å². The van der Waals surface area contributed by atoms with Gasteiger partial charge in [-0.1, -0.05) is 23.3 Å². The molecule has 1 amide bonds. The molecule has 1 aromatic heterocycles. The normalized spacial score (nSPS) is 15.4. The van der Waals surface area contributed by atoms with Crippen LogP contribution in [0.25, 0.3) is 0 Å². The van der Waals surface area contributed by atoms with Crippen LogP contribution >= 0.6 is 27.5 Å². The standard InChI is InChI=1S/C12H12BrClN2O2/c13-10-9(1-4-15-11(10)14)7-8-2-5-16(6-3-8)12(17)18/h1-2,4H,3,5-7H2,(H,17,18). The van der Waals surface area contributed by atoms with E-state index in [2.05, 4.69) is 20.9 Å². The molecule has 2 rings (SSSR count). The van der Waals surface area contributed by atoms with Gasteiger partial charge in [0, 0.05) is 19.3 Å². The first-order chi connectivity index (χ1) is 8.58. The van der Waals surface area contributed by atoms with Crippen LogP contribution in [0.4, 0.5) is 4.79 Å². The third-order valence-corrected chi connectivity index (χ3v) is 4.32. The minimum Gasteiger partial charge on any atom is -0.465 e. The highest BCUT2D eigenvalue weighted by molar-refractivity contribution is 9.10. The second-order valence-electron chi connectivity index (χ2n) is 4.09. The van der Waals surface area contributed by atoms with Gasteiger partial charge in [-0.2, -0.15) is 0 Å². The molecule has 1 N–H and O–H groups in total. The van der Waals surface area contributed by atoms with Crippen molar-refractivity contribution in [2.24, 2.45) is 0 Å². The van der Waals surface area contributed by atoms with Crippen molar-refractivity contribution in [1.82, 2.24) is 9.88 Å². The lowest BCUT2D eigenvalue weighted by Crippen LogP contribution is -2.33. The van der Waals surface area contributed by atoms with Gasteiger partial charge in [0.15, 0.2) is 0 Å². The average Bonchev–Trinajstić information content (AvgIpc) is 2.36. The molecule has 0 fully saturated rings. The summed E-state index contributed by atoms with van der Waals surface area (Å²) < 4.78 is 0.813. The van der Waals surface area contributed by atoms with E-state index in [4.69, 9.17) is 16.7 Å². The molecule has 0 atom stereocenters. The topological polar surface area (TPSA) is 53.4 Å². The van der Waals surface area contributed by atoms with Gasteiger partial charge in [0.2, 0.25) is 0 Å². The summed E-state index contributed by atoms with van der Waals surface area (Å²) in [5.41, 5.74) is 2.31. The highest BCUT2D eigenvalue weighted by Crippen LogP contribution is 2.27. The first kappa shape index (κ1) is 13.4. The molecule has 0 aliphatic carbocycles. The Morgan fingerprint density at radius 1 is 1.61 bits per heavy atom. The first-order valence-electron chi connectivity index (χ1n) is 5.52. The maximum absolute atomic E-state index is 10.8. The van der Waals surface area contributed by atoms with Crippen LogP contribution in [0.2, 0.25) is 5.15 Å². The van der Waals surface area contributed by atoms with E-state index in [1.54, 1.807) is 6.20 Å². The molecule has 4 nitrogen and oxygen atoms in total. The fourth-order valence-electron chi connectivity index (χ4n) is 1.88. The maximum Gasteiger partial charge on any atom is 0.407 e. The lowest BCUT2D eigenvalue weighted by atomic mass is 10.0. The lowest BCUT2D eigenvalue weighted by Gasteiger charge is -2.23. The van der Waals surface area contributed by atoms with E-state index in [0.29, 0.717) is 18.2 Å². The van der Waals surface area contributed by atoms with Gasteiger partial charge in [-0.3, -0.25) is 0 Å². The Hall–Kier alpha value is -1.07. The zero-order valence-electron chi connectivity index (χ0n) is 9.57. The van der Waals surface area contributed by atoms with Gasteiger partial charge in [-0.15, -0.1) is 0 Å². The molecule has 2 heterocycles. The molecule has 0 unspecified atom stereocenters. The average molecular weight is 332 g/mol. The number of amides is 1. The van der Waals surface area contributed by atoms with E-state index in [1.807, 2.05) is 12.1 Å². The summed E-state index contributed by atoms with van der Waals surface area (Å²) in [5, 5.41) is 9.31. The van der Waals surface area contributed by atoms with Crippen LogP contribution in [-0.2, 0) is 6.42 Å². The molecule has 1 aliphatic heterocycles. The largest absolute Gasteiger partial charge is 0.465 e. The quantitative estimate of drug-likeness (QED) is 0.668. The zero-order valence-corrected chi connectivity index (χ0v) is 11.9. The van der Waals surface area contributed by atoms with Gasteiger partial charge >= 0.3 is 6.09 Å². The Morgan fingerprint density at radius 3 is 3.00 bits per heavy atom. The van der Waals surface area contributed by atoms with E-state index in [1.165, 1.54) is 10.5 Å². The van der Waals surface area contributed by atoms with Crippen molar-refractivity contribution in [3.63, 3.8) is 0 Å². The van der Waals surface area contributed by atoms with Crippen LogP contribution in [0.15, 0.2) is 28.4 Å². The molecule has 6 heteroatoms. The molecule has 0 spiro atoms. The van der Waals surface area contributed by atoms with Gasteiger partial charge in [0.25, 0.3) is 0 Å². The molecule has 0 saturated carbocycles. The lowest BCUT2D eigenvalue weighted by molar-refractivity contribution is 0.149. The fraction of sp³-hybridized carbons (Fsp3) is 0.333. The Kier molecular flexibility index (Phi) is 4.24. The third kappa shape index (κ3) is 3.03. The fourth-order valence-corrected chi connectivity index (χ4v) is 2.43. The van der Waals surface area contributed by atoms with E-state index in [-0.39, 0.29) is 0 Å². The molecular weight excluding hydrogens is 320 g/mol. The molecule has 0 saturated heterocycles. The number of rotatable bonds is 2. The molecule has 1 aliphatic rings. The zero-order chi connectivity index (χ0) is 13.1. The van der Waals surface area contributed by atoms with Crippen molar-refractivity contribution in [3.05, 3.63) is 39.1 Å². The van der Waals surface area contributed by atoms with Crippen LogP contribution in [0.3, 0.4) is 0 Å². The van der Waals surface area contributed by atoms with E-state index < -0.39 is 6.09 Å². The summed E-state index contributed by atoms with van der Waals surface area (Å²) in [6, 6.07) is 1.92. The minimum absolute atomic E-state index is 0.455. The number of carboxylic acid groups (broad SMARTS) is 1. The summed E-state index contributed by atoms with van der Waals surface area (Å²) in [6.07, 6.45) is 4.32. The molecule has 96 valence electrons. The van der Waals surface area contributed by atoms with Gasteiger partial charge in [0.05, 0.1) is 4.47 Å². The van der Waals surface area contributed by atoms with Crippen molar-refractivity contribution in [3.8, 4) is 0 Å². The number of hydrogen-bond donors (Lipinski definition) is 1. The second-order valence-corrected chi connectivity index (χ2v) is 5.24. The second kappa shape index (κ2) is 5.71. The van der Waals surface area contributed by atoms with Gasteiger partial charge in [0.1, 0.15) is 5.15 Å². The monoisotopic (exact) mass is 330 g/mol. The van der Waals surface area contributed by atoms with Crippen LogP contribution in [0, 0.1) is 0 Å². The van der Waals surface area contributed by atoms with Crippen molar-refractivity contribution in [2.45, 2.75) is 12.8 Å². The number of nitrogens with zero attached hydrogens (tertiary/aromatic N) is 2. The first-order valence-corrected chi connectivity index (χ1v) is 6.69. The van der Waals surface area contributed by atoms with E-state index in [9.17, 15) is 4.79 Å². The molecular formula is C12H12BrClN2O2. The summed E-state index contributed by atoms with van der Waals surface area (Å²) in [4.78, 5) is 16.2. The molecule has 0 radical (unpaired) electrons. The molecule has 0 aromatic carbocycles. The highest BCUT2D eigenvalue weighted by atomic mass is 79.9. The van der Waals surface area contributed by atoms with Crippen molar-refractivity contribution in [1.29, 1.82) is 0 Å². The van der Waals surface area contributed by atoms with Gasteiger partial charge < -0.3 is 10.0 Å². The number of pyridine rings is 1. The number of halogens is 2. The van der Waals surface area contributed by atoms with Crippen LogP contribution in [0.1, 0.15) is 12.0 Å². The Balaban J connectivity index is 2.07. The molecule has 18 heavy (non-hydrogen) atoms. The number of hydrogen-bond acceptors (Lipinski definition) is 2. The van der Waals surface area contributed by atoms with E-state index in [0.717, 1.165) is 22.9 Å². The predicted molar refractivity (Wildman–Crippen MR) is 72.9 cm³/mol. The SMILES string of the molecule is O=C(O)N1CC=C(Cc2ccnc(Cl)c2Br)CC1. The molecule has 1 aromatic rings. The van der Waals surface area contributed by atoms with Crippen molar-refractivity contribution >= 4 is 33.6 Å². The number of carbonyl (C=O) groups is 1. The summed E-state index contributed by atoms with van der Waals surface area (Å²) in [7, 11) is 0. The Morgan fingerprint density at radius 2 is 2.39 bits per heavy atom. The van der Waals surface area contributed by atoms with Gasteiger partial charge in [-0.05, 0) is 40.4 Å². The van der Waals surface area contributed by atoms with Crippen LogP contribution in [-0.4, -0.2) is 34.2 Å². The summed E-state index contributed by atoms with van der Waals surface area (Å²) in [6.45, 7) is 1.01. The van der Waals surface area contributed by atoms with Gasteiger partial charge in [-0.25, -0.2) is 9.78 Å².